The predicted octanol–water partition coefficient (Wildman–Crippen LogP) is 5.22. The summed E-state index contributed by atoms with van der Waals surface area (Å²) in [6, 6.07) is 19.7. The summed E-state index contributed by atoms with van der Waals surface area (Å²) in [7, 11) is 3.82. The maximum Gasteiger partial charge on any atom is 0.196 e. The quantitative estimate of drug-likeness (QED) is 0.459. The molecule has 0 aliphatic heterocycles. The van der Waals surface area contributed by atoms with Crippen molar-refractivity contribution in [2.75, 3.05) is 14.1 Å². The van der Waals surface area contributed by atoms with Gasteiger partial charge in [0.2, 0.25) is 0 Å². The first kappa shape index (κ1) is 18.8. The van der Waals surface area contributed by atoms with Crippen LogP contribution in [0.5, 0.6) is 17.2 Å². The van der Waals surface area contributed by atoms with Gasteiger partial charge in [-0.3, -0.25) is 4.79 Å². The Bertz CT molecular complexity index is 1140. The maximum atomic E-state index is 13.1. The Morgan fingerprint density at radius 2 is 1.66 bits per heavy atom. The van der Waals surface area contributed by atoms with Gasteiger partial charge < -0.3 is 19.2 Å². The fraction of sp³-hybridized carbons (Fsp3) is 0.125. The predicted molar refractivity (Wildman–Crippen MR) is 112 cm³/mol. The smallest absolute Gasteiger partial charge is 0.196 e. The Kier molecular flexibility index (Phi) is 5.06. The SMILES string of the molecule is CN(C)Cc1c(O)ccc2occ(C(=O)c3ccc(Oc4ccccc4)cc3)c12. The Morgan fingerprint density at radius 1 is 0.966 bits per heavy atom. The molecule has 0 saturated carbocycles. The Balaban J connectivity index is 1.66. The van der Waals surface area contributed by atoms with Crippen LogP contribution in [0.4, 0.5) is 0 Å². The first-order chi connectivity index (χ1) is 14.0. The summed E-state index contributed by atoms with van der Waals surface area (Å²) >= 11 is 0. The molecule has 1 heterocycles. The van der Waals surface area contributed by atoms with Crippen LogP contribution >= 0.6 is 0 Å². The normalized spacial score (nSPS) is 11.1. The van der Waals surface area contributed by atoms with Gasteiger partial charge in [0.05, 0.1) is 5.56 Å². The summed E-state index contributed by atoms with van der Waals surface area (Å²) in [5, 5.41) is 11.0. The molecule has 4 aromatic rings. The van der Waals surface area contributed by atoms with Crippen LogP contribution in [0.15, 0.2) is 77.4 Å². The highest BCUT2D eigenvalue weighted by Crippen LogP contribution is 2.33. The number of ether oxygens (including phenoxy) is 1. The second-order valence-electron chi connectivity index (χ2n) is 7.09. The fourth-order valence-electron chi connectivity index (χ4n) is 3.29. The molecular weight excluding hydrogens is 366 g/mol. The van der Waals surface area contributed by atoms with Crippen molar-refractivity contribution in [3.05, 3.63) is 89.7 Å². The van der Waals surface area contributed by atoms with E-state index in [4.69, 9.17) is 9.15 Å². The minimum Gasteiger partial charge on any atom is -0.508 e. The van der Waals surface area contributed by atoms with E-state index in [1.165, 1.54) is 6.26 Å². The molecule has 0 atom stereocenters. The van der Waals surface area contributed by atoms with Gasteiger partial charge >= 0.3 is 0 Å². The average molecular weight is 387 g/mol. The molecule has 29 heavy (non-hydrogen) atoms. The van der Waals surface area contributed by atoms with Crippen molar-refractivity contribution in [2.45, 2.75) is 6.54 Å². The molecule has 0 amide bonds. The van der Waals surface area contributed by atoms with Gasteiger partial charge in [-0.1, -0.05) is 18.2 Å². The zero-order valence-electron chi connectivity index (χ0n) is 16.3. The number of phenolic OH excluding ortho intramolecular Hbond substituents is 1. The highest BCUT2D eigenvalue weighted by atomic mass is 16.5. The van der Waals surface area contributed by atoms with Crippen LogP contribution in [0.25, 0.3) is 11.0 Å². The van der Waals surface area contributed by atoms with Crippen LogP contribution in [-0.2, 0) is 6.54 Å². The van der Waals surface area contributed by atoms with Crippen molar-refractivity contribution in [3.63, 3.8) is 0 Å². The Hall–Kier alpha value is -3.57. The first-order valence-electron chi connectivity index (χ1n) is 9.27. The molecule has 0 spiro atoms. The average Bonchev–Trinajstić information content (AvgIpc) is 3.15. The van der Waals surface area contributed by atoms with E-state index in [9.17, 15) is 9.90 Å². The number of phenols is 1. The number of carbonyl (C=O) groups excluding carboxylic acids is 1. The molecule has 0 aliphatic rings. The van der Waals surface area contributed by atoms with Gasteiger partial charge in [-0.15, -0.1) is 0 Å². The molecule has 0 saturated heterocycles. The third-order valence-corrected chi connectivity index (χ3v) is 4.64. The third kappa shape index (κ3) is 3.86. The third-order valence-electron chi connectivity index (χ3n) is 4.64. The Labute approximate surface area is 168 Å². The summed E-state index contributed by atoms with van der Waals surface area (Å²) in [4.78, 5) is 15.1. The lowest BCUT2D eigenvalue weighted by Gasteiger charge is -2.13. The van der Waals surface area contributed by atoms with Crippen molar-refractivity contribution in [1.29, 1.82) is 0 Å². The van der Waals surface area contributed by atoms with E-state index in [2.05, 4.69) is 0 Å². The van der Waals surface area contributed by atoms with E-state index in [0.29, 0.717) is 40.0 Å². The van der Waals surface area contributed by atoms with Crippen molar-refractivity contribution < 1.29 is 19.1 Å². The molecule has 0 bridgehead atoms. The van der Waals surface area contributed by atoms with Crippen LogP contribution < -0.4 is 4.74 Å². The van der Waals surface area contributed by atoms with Crippen LogP contribution in [0, 0.1) is 0 Å². The molecule has 1 N–H and O–H groups in total. The molecule has 0 aliphatic carbocycles. The van der Waals surface area contributed by atoms with Crippen LogP contribution in [-0.4, -0.2) is 29.9 Å². The van der Waals surface area contributed by atoms with E-state index < -0.39 is 0 Å². The van der Waals surface area contributed by atoms with Crippen LogP contribution in [0.1, 0.15) is 21.5 Å². The standard InChI is InChI=1S/C24H21NO4/c1-25(2)14-19-21(26)12-13-22-23(19)20(15-28-22)24(27)16-8-10-18(11-9-16)29-17-6-4-3-5-7-17/h3-13,15,26H,14H2,1-2H3. The van der Waals surface area contributed by atoms with Gasteiger partial charge in [0, 0.05) is 23.1 Å². The molecular formula is C24H21NO4. The number of para-hydroxylation sites is 1. The number of hydrogen-bond acceptors (Lipinski definition) is 5. The number of rotatable bonds is 6. The summed E-state index contributed by atoms with van der Waals surface area (Å²) in [5.41, 5.74) is 2.21. The maximum absolute atomic E-state index is 13.1. The topological polar surface area (TPSA) is 62.9 Å². The molecule has 1 aromatic heterocycles. The van der Waals surface area contributed by atoms with Gasteiger partial charge in [-0.2, -0.15) is 0 Å². The lowest BCUT2D eigenvalue weighted by atomic mass is 9.98. The Morgan fingerprint density at radius 3 is 2.34 bits per heavy atom. The molecule has 146 valence electrons. The lowest BCUT2D eigenvalue weighted by molar-refractivity contribution is 0.103. The lowest BCUT2D eigenvalue weighted by Crippen LogP contribution is -2.12. The second kappa shape index (κ2) is 7.81. The van der Waals surface area contributed by atoms with Gasteiger partial charge in [0.1, 0.15) is 29.1 Å². The van der Waals surface area contributed by atoms with E-state index in [-0.39, 0.29) is 11.5 Å². The summed E-state index contributed by atoms with van der Waals surface area (Å²) in [6.45, 7) is 0.493. The number of fused-ring (bicyclic) bond motifs is 1. The number of benzene rings is 3. The molecule has 5 heteroatoms. The minimum atomic E-state index is -0.166. The van der Waals surface area contributed by atoms with Crippen LogP contribution in [0.2, 0.25) is 0 Å². The number of ketones is 1. The zero-order valence-corrected chi connectivity index (χ0v) is 16.3. The molecule has 5 nitrogen and oxygen atoms in total. The van der Waals surface area contributed by atoms with Crippen LogP contribution in [0.3, 0.4) is 0 Å². The fourth-order valence-corrected chi connectivity index (χ4v) is 3.29. The van der Waals surface area contributed by atoms with Gasteiger partial charge in [0.25, 0.3) is 0 Å². The van der Waals surface area contributed by atoms with E-state index >= 15 is 0 Å². The molecule has 0 radical (unpaired) electrons. The number of aromatic hydroxyl groups is 1. The first-order valence-corrected chi connectivity index (χ1v) is 9.27. The summed E-state index contributed by atoms with van der Waals surface area (Å²) < 4.78 is 11.4. The van der Waals surface area contributed by atoms with E-state index in [1.54, 1.807) is 36.4 Å². The van der Waals surface area contributed by atoms with E-state index in [0.717, 1.165) is 5.75 Å². The minimum absolute atomic E-state index is 0.147. The highest BCUT2D eigenvalue weighted by Gasteiger charge is 2.21. The second-order valence-corrected chi connectivity index (χ2v) is 7.09. The van der Waals surface area contributed by atoms with Gasteiger partial charge in [-0.05, 0) is 62.6 Å². The number of nitrogens with zero attached hydrogens (tertiary/aromatic N) is 1. The summed E-state index contributed by atoms with van der Waals surface area (Å²) in [5.74, 6) is 1.36. The number of furan rings is 1. The zero-order chi connectivity index (χ0) is 20.4. The van der Waals surface area contributed by atoms with Gasteiger partial charge in [0.15, 0.2) is 5.78 Å². The number of carbonyl (C=O) groups is 1. The largest absolute Gasteiger partial charge is 0.508 e. The summed E-state index contributed by atoms with van der Waals surface area (Å²) in [6.07, 6.45) is 1.46. The molecule has 4 rings (SSSR count). The van der Waals surface area contributed by atoms with Crippen molar-refractivity contribution in [2.24, 2.45) is 0 Å². The van der Waals surface area contributed by atoms with Crippen molar-refractivity contribution in [3.8, 4) is 17.2 Å². The van der Waals surface area contributed by atoms with E-state index in [1.807, 2.05) is 49.3 Å². The highest BCUT2D eigenvalue weighted by molar-refractivity contribution is 6.16. The van der Waals surface area contributed by atoms with Gasteiger partial charge in [-0.25, -0.2) is 0 Å². The number of hydrogen-bond donors (Lipinski definition) is 1. The van der Waals surface area contributed by atoms with Crippen molar-refractivity contribution in [1.82, 2.24) is 4.90 Å². The molecule has 0 unspecified atom stereocenters. The molecule has 3 aromatic carbocycles. The van der Waals surface area contributed by atoms with Crippen molar-refractivity contribution >= 4 is 16.8 Å². The molecule has 0 fully saturated rings. The monoisotopic (exact) mass is 387 g/mol.